The fourth-order valence-corrected chi connectivity index (χ4v) is 2.18. The lowest BCUT2D eigenvalue weighted by molar-refractivity contribution is 0.685. The number of benzene rings is 1. The summed E-state index contributed by atoms with van der Waals surface area (Å²) in [5, 5.41) is 8.53. The van der Waals surface area contributed by atoms with Gasteiger partial charge in [-0.05, 0) is 28.9 Å². The van der Waals surface area contributed by atoms with Crippen molar-refractivity contribution < 1.29 is 4.21 Å². The predicted molar refractivity (Wildman–Crippen MR) is 56.3 cm³/mol. The summed E-state index contributed by atoms with van der Waals surface area (Å²) in [7, 11) is -2.15. The molecule has 0 fully saturated rings. The van der Waals surface area contributed by atoms with E-state index in [2.05, 4.69) is 0 Å². The molecule has 1 unspecified atom stereocenters. The number of nitriles is 1. The molecular formula is C9H9NOS2. The topological polar surface area (TPSA) is 40.9 Å². The summed E-state index contributed by atoms with van der Waals surface area (Å²) in [6.07, 6.45) is 1.56. The molecule has 0 amide bonds. The molecule has 13 heavy (non-hydrogen) atoms. The van der Waals surface area contributed by atoms with E-state index in [1.807, 2.05) is 6.07 Å². The zero-order valence-electron chi connectivity index (χ0n) is 7.19. The van der Waals surface area contributed by atoms with Gasteiger partial charge in [0.15, 0.2) is 0 Å². The highest BCUT2D eigenvalue weighted by molar-refractivity contribution is 8.32. The Bertz CT molecular complexity index is 426. The van der Waals surface area contributed by atoms with Crippen molar-refractivity contribution in [1.29, 1.82) is 5.26 Å². The van der Waals surface area contributed by atoms with E-state index in [9.17, 15) is 4.21 Å². The molecule has 0 aliphatic rings. The summed E-state index contributed by atoms with van der Waals surface area (Å²) in [5.41, 5.74) is 1.53. The van der Waals surface area contributed by atoms with Crippen molar-refractivity contribution in [2.24, 2.45) is 0 Å². The van der Waals surface area contributed by atoms with Gasteiger partial charge in [-0.2, -0.15) is 5.26 Å². The standard InChI is InChI=1S/C9H9NOS2/c1-13(11,12)7-9-4-2-8(6-10)3-5-9/h2-5H,7H2,1H3. The van der Waals surface area contributed by atoms with E-state index in [4.69, 9.17) is 16.4 Å². The summed E-state index contributed by atoms with van der Waals surface area (Å²) in [6.45, 7) is 0. The number of nitrogens with zero attached hydrogens (tertiary/aromatic N) is 1. The second kappa shape index (κ2) is 3.86. The van der Waals surface area contributed by atoms with Gasteiger partial charge in [-0.25, -0.2) is 0 Å². The largest absolute Gasteiger partial charge is 0.257 e. The lowest BCUT2D eigenvalue weighted by atomic mass is 10.2. The minimum Gasteiger partial charge on any atom is -0.257 e. The Morgan fingerprint density at radius 1 is 1.46 bits per heavy atom. The Balaban J connectivity index is 2.89. The lowest BCUT2D eigenvalue weighted by Crippen LogP contribution is -1.98. The highest BCUT2D eigenvalue weighted by Gasteiger charge is 2.00. The third-order valence-electron chi connectivity index (χ3n) is 1.51. The first-order valence-electron chi connectivity index (χ1n) is 3.68. The molecule has 0 aromatic heterocycles. The third-order valence-corrected chi connectivity index (χ3v) is 2.72. The maximum atomic E-state index is 11.3. The van der Waals surface area contributed by atoms with E-state index >= 15 is 0 Å². The minimum absolute atomic E-state index is 0.397. The SMILES string of the molecule is CS(=O)(=S)Cc1ccc(C#N)cc1. The molecule has 0 saturated carbocycles. The van der Waals surface area contributed by atoms with Crippen LogP contribution in [-0.2, 0) is 25.4 Å². The Kier molecular flexibility index (Phi) is 3.02. The van der Waals surface area contributed by atoms with E-state index in [-0.39, 0.29) is 0 Å². The first kappa shape index (κ1) is 10.2. The summed E-state index contributed by atoms with van der Waals surface area (Å²) >= 11 is 4.79. The van der Waals surface area contributed by atoms with Gasteiger partial charge in [-0.1, -0.05) is 12.1 Å². The fraction of sp³-hybridized carbons (Fsp3) is 0.222. The van der Waals surface area contributed by atoms with Crippen molar-refractivity contribution >= 4 is 19.7 Å². The highest BCUT2D eigenvalue weighted by Crippen LogP contribution is 2.06. The average molecular weight is 211 g/mol. The van der Waals surface area contributed by atoms with E-state index in [0.29, 0.717) is 11.3 Å². The smallest absolute Gasteiger partial charge is 0.0991 e. The van der Waals surface area contributed by atoms with Crippen LogP contribution in [0.4, 0.5) is 0 Å². The van der Waals surface area contributed by atoms with Crippen molar-refractivity contribution in [3.63, 3.8) is 0 Å². The maximum absolute atomic E-state index is 11.3. The van der Waals surface area contributed by atoms with Crippen molar-refractivity contribution in [1.82, 2.24) is 0 Å². The van der Waals surface area contributed by atoms with Crippen LogP contribution in [0, 0.1) is 11.3 Å². The van der Waals surface area contributed by atoms with Gasteiger partial charge in [0, 0.05) is 14.7 Å². The Morgan fingerprint density at radius 2 is 2.00 bits per heavy atom. The second-order valence-corrected chi connectivity index (χ2v) is 7.13. The molecule has 0 saturated heterocycles. The van der Waals surface area contributed by atoms with Crippen LogP contribution < -0.4 is 0 Å². The molecule has 0 aliphatic carbocycles. The quantitative estimate of drug-likeness (QED) is 0.743. The van der Waals surface area contributed by atoms with Gasteiger partial charge in [-0.15, -0.1) is 0 Å². The van der Waals surface area contributed by atoms with Gasteiger partial charge >= 0.3 is 0 Å². The minimum atomic E-state index is -2.15. The van der Waals surface area contributed by atoms with Gasteiger partial charge in [0.05, 0.1) is 17.4 Å². The molecule has 0 spiro atoms. The van der Waals surface area contributed by atoms with Gasteiger partial charge in [-0.3, -0.25) is 4.21 Å². The molecule has 0 N–H and O–H groups in total. The second-order valence-electron chi connectivity index (χ2n) is 2.88. The average Bonchev–Trinajstić information content (AvgIpc) is 2.03. The van der Waals surface area contributed by atoms with Crippen molar-refractivity contribution in [2.75, 3.05) is 6.26 Å². The van der Waals surface area contributed by atoms with Crippen molar-refractivity contribution in [2.45, 2.75) is 5.75 Å². The summed E-state index contributed by atoms with van der Waals surface area (Å²) < 4.78 is 11.3. The zero-order chi connectivity index (χ0) is 9.90. The van der Waals surface area contributed by atoms with E-state index in [1.165, 1.54) is 0 Å². The van der Waals surface area contributed by atoms with Crippen LogP contribution in [0.15, 0.2) is 24.3 Å². The predicted octanol–water partition coefficient (Wildman–Crippen LogP) is 1.43. The van der Waals surface area contributed by atoms with Crippen LogP contribution in [0.25, 0.3) is 0 Å². The molecule has 1 rings (SSSR count). The zero-order valence-corrected chi connectivity index (χ0v) is 8.82. The third kappa shape index (κ3) is 3.53. The van der Waals surface area contributed by atoms with Crippen LogP contribution in [-0.4, -0.2) is 10.5 Å². The van der Waals surface area contributed by atoms with Crippen LogP contribution in [0.3, 0.4) is 0 Å². The fourth-order valence-electron chi connectivity index (χ4n) is 0.978. The van der Waals surface area contributed by atoms with Gasteiger partial charge in [0.25, 0.3) is 0 Å². The Hall–Kier alpha value is -0.920. The summed E-state index contributed by atoms with van der Waals surface area (Å²) in [6, 6.07) is 9.00. The normalized spacial score (nSPS) is 14.5. The van der Waals surface area contributed by atoms with Gasteiger partial charge in [0.1, 0.15) is 0 Å². The molecule has 0 heterocycles. The van der Waals surface area contributed by atoms with Gasteiger partial charge in [0.2, 0.25) is 0 Å². The summed E-state index contributed by atoms with van der Waals surface area (Å²) in [4.78, 5) is 0. The maximum Gasteiger partial charge on any atom is 0.0991 e. The van der Waals surface area contributed by atoms with Crippen LogP contribution >= 0.6 is 0 Å². The molecule has 0 radical (unpaired) electrons. The summed E-state index contributed by atoms with van der Waals surface area (Å²) in [5.74, 6) is 0.397. The van der Waals surface area contributed by atoms with E-state index in [1.54, 1.807) is 30.5 Å². The molecule has 2 nitrogen and oxygen atoms in total. The highest BCUT2D eigenvalue weighted by atomic mass is 32.8. The number of rotatable bonds is 2. The Morgan fingerprint density at radius 3 is 2.38 bits per heavy atom. The van der Waals surface area contributed by atoms with Crippen LogP contribution in [0.5, 0.6) is 0 Å². The lowest BCUT2D eigenvalue weighted by Gasteiger charge is -2.00. The first-order chi connectivity index (χ1) is 6.01. The molecule has 4 heteroatoms. The van der Waals surface area contributed by atoms with Crippen LogP contribution in [0.1, 0.15) is 11.1 Å². The monoisotopic (exact) mass is 211 g/mol. The van der Waals surface area contributed by atoms with Crippen molar-refractivity contribution in [3.8, 4) is 6.07 Å². The van der Waals surface area contributed by atoms with Crippen LogP contribution in [0.2, 0.25) is 0 Å². The molecule has 1 aromatic carbocycles. The van der Waals surface area contributed by atoms with Crippen molar-refractivity contribution in [3.05, 3.63) is 35.4 Å². The van der Waals surface area contributed by atoms with E-state index < -0.39 is 8.49 Å². The molecule has 1 atom stereocenters. The molecule has 0 aliphatic heterocycles. The number of hydrogen-bond acceptors (Lipinski definition) is 3. The first-order valence-corrected chi connectivity index (χ1v) is 6.74. The molecule has 0 bridgehead atoms. The van der Waals surface area contributed by atoms with E-state index in [0.717, 1.165) is 5.56 Å². The van der Waals surface area contributed by atoms with Gasteiger partial charge < -0.3 is 0 Å². The Labute approximate surface area is 82.9 Å². The number of hydrogen-bond donors (Lipinski definition) is 0. The molecular weight excluding hydrogens is 202 g/mol. The molecule has 68 valence electrons. The molecule has 1 aromatic rings.